The van der Waals surface area contributed by atoms with Crippen LogP contribution in [0.2, 0.25) is 0 Å². The molecule has 0 spiro atoms. The van der Waals surface area contributed by atoms with Gasteiger partial charge in [-0.05, 0) is 56.9 Å². The number of hydrogen-bond donors (Lipinski definition) is 3. The van der Waals surface area contributed by atoms with Gasteiger partial charge in [0.2, 0.25) is 11.8 Å². The summed E-state index contributed by atoms with van der Waals surface area (Å²) in [5, 5.41) is 13.1. The average Bonchev–Trinajstić information content (AvgIpc) is 3.11. The Labute approximate surface area is 315 Å². The first-order valence-electron chi connectivity index (χ1n) is 17.3. The average molecular weight is 757 g/mol. The number of fused-ring (bicyclic) bond motifs is 2. The van der Waals surface area contributed by atoms with Crippen LogP contribution in [0.3, 0.4) is 0 Å². The largest absolute Gasteiger partial charge is 0.480 e. The monoisotopic (exact) mass is 756 g/mol. The number of nitrogens with one attached hydrogen (secondary N) is 2. The molecule has 2 aromatic carbocycles. The molecule has 0 radical (unpaired) electrons. The molecule has 2 atom stereocenters. The van der Waals surface area contributed by atoms with E-state index in [2.05, 4.69) is 10.6 Å². The number of ether oxygens (including phenoxy) is 1. The zero-order valence-electron chi connectivity index (χ0n) is 28.1. The van der Waals surface area contributed by atoms with Crippen molar-refractivity contribution in [1.29, 1.82) is 0 Å². The van der Waals surface area contributed by atoms with Crippen molar-refractivity contribution in [2.45, 2.75) is 118 Å². The maximum atomic E-state index is 12.9. The molecular weight excluding hydrogens is 705 g/mol. The van der Waals surface area contributed by atoms with Gasteiger partial charge in [-0.2, -0.15) is 0 Å². The Kier molecular flexibility index (Phi) is 16.5. The number of anilines is 2. The van der Waals surface area contributed by atoms with Crippen LogP contribution in [0.15, 0.2) is 58.3 Å². The standard InChI is InChI=1S/C19H24N2O4S.C17H20N2O4S.2CH4/c1-2-25-19(24)17-18(23)21(14-10-6-7-11-15(14)26-17)12-16(22)20-13-8-4-3-5-9-13;20-14(18-11-6-2-1-3-7-11)10-19-12-8-4-5-9-13(12)24-15(16(19)21)17(22)23;;/h6-7,10-11,13,17H,2-5,8-9,12H2,1H3,(H,20,22);4-5,8-9,11,15H,1-3,6-7,10H2,(H,18,20)(H,22,23);2*1H4. The molecule has 0 saturated heterocycles. The molecule has 2 aliphatic heterocycles. The van der Waals surface area contributed by atoms with Crippen molar-refractivity contribution in [2.24, 2.45) is 0 Å². The number of thioether (sulfide) groups is 2. The molecule has 52 heavy (non-hydrogen) atoms. The van der Waals surface area contributed by atoms with E-state index in [1.807, 2.05) is 18.2 Å². The van der Waals surface area contributed by atoms with Crippen LogP contribution in [0.4, 0.5) is 11.4 Å². The van der Waals surface area contributed by atoms with E-state index in [0.717, 1.165) is 68.0 Å². The predicted octanol–water partition coefficient (Wildman–Crippen LogP) is 5.81. The van der Waals surface area contributed by atoms with E-state index in [-0.39, 0.29) is 58.4 Å². The summed E-state index contributed by atoms with van der Waals surface area (Å²) in [5.74, 6) is -3.11. The van der Waals surface area contributed by atoms with Crippen molar-refractivity contribution in [1.82, 2.24) is 10.6 Å². The number of carbonyl (C=O) groups is 6. The van der Waals surface area contributed by atoms with E-state index in [1.165, 1.54) is 34.4 Å². The Morgan fingerprint density at radius 2 is 1.10 bits per heavy atom. The van der Waals surface area contributed by atoms with Gasteiger partial charge in [-0.1, -0.05) is 101 Å². The lowest BCUT2D eigenvalue weighted by molar-refractivity contribution is -0.145. The molecule has 2 unspecified atom stereocenters. The number of carboxylic acids is 1. The van der Waals surface area contributed by atoms with Crippen LogP contribution in [0, 0.1) is 0 Å². The molecule has 0 bridgehead atoms. The van der Waals surface area contributed by atoms with Gasteiger partial charge in [0, 0.05) is 21.9 Å². The van der Waals surface area contributed by atoms with Gasteiger partial charge in [0.05, 0.1) is 18.0 Å². The molecule has 284 valence electrons. The number of carbonyl (C=O) groups excluding carboxylic acids is 5. The Morgan fingerprint density at radius 3 is 1.52 bits per heavy atom. The van der Waals surface area contributed by atoms with Gasteiger partial charge in [0.25, 0.3) is 11.8 Å². The fourth-order valence-electron chi connectivity index (χ4n) is 6.61. The first-order valence-corrected chi connectivity index (χ1v) is 19.0. The minimum Gasteiger partial charge on any atom is -0.480 e. The molecule has 4 amide bonds. The summed E-state index contributed by atoms with van der Waals surface area (Å²) in [6.45, 7) is 1.70. The molecule has 2 saturated carbocycles. The van der Waals surface area contributed by atoms with Crippen LogP contribution in [-0.2, 0) is 33.5 Å². The second kappa shape index (κ2) is 20.3. The van der Waals surface area contributed by atoms with Gasteiger partial charge in [0.1, 0.15) is 13.1 Å². The lowest BCUT2D eigenvalue weighted by Crippen LogP contribution is -2.50. The summed E-state index contributed by atoms with van der Waals surface area (Å²) in [7, 11) is 0. The quantitative estimate of drug-likeness (QED) is 0.211. The van der Waals surface area contributed by atoms with Gasteiger partial charge in [-0.15, -0.1) is 0 Å². The molecule has 6 rings (SSSR count). The summed E-state index contributed by atoms with van der Waals surface area (Å²) < 4.78 is 5.03. The van der Waals surface area contributed by atoms with Gasteiger partial charge in [-0.3, -0.25) is 28.8 Å². The number of hydrogen-bond acceptors (Lipinski definition) is 9. The van der Waals surface area contributed by atoms with E-state index < -0.39 is 34.3 Å². The van der Waals surface area contributed by atoms with Crippen LogP contribution in [0.1, 0.15) is 86.0 Å². The third-order valence-electron chi connectivity index (χ3n) is 9.05. The lowest BCUT2D eigenvalue weighted by atomic mass is 9.95. The van der Waals surface area contributed by atoms with E-state index in [0.29, 0.717) is 16.3 Å². The van der Waals surface area contributed by atoms with Gasteiger partial charge < -0.3 is 30.3 Å². The molecule has 2 aromatic rings. The highest BCUT2D eigenvalue weighted by Crippen LogP contribution is 2.40. The maximum absolute atomic E-state index is 12.9. The van der Waals surface area contributed by atoms with E-state index in [4.69, 9.17) is 4.74 Å². The topological polar surface area (TPSA) is 162 Å². The van der Waals surface area contributed by atoms with Crippen molar-refractivity contribution < 1.29 is 38.6 Å². The fourth-order valence-corrected chi connectivity index (χ4v) is 8.75. The third-order valence-corrected chi connectivity index (χ3v) is 11.5. The molecule has 0 aromatic heterocycles. The smallest absolute Gasteiger partial charge is 0.329 e. The summed E-state index contributed by atoms with van der Waals surface area (Å²) in [6, 6.07) is 14.8. The Bertz CT molecular complexity index is 1580. The first-order chi connectivity index (χ1) is 24.2. The molecule has 3 N–H and O–H groups in total. The Balaban J connectivity index is 0.000000271. The number of benzene rings is 2. The van der Waals surface area contributed by atoms with E-state index in [9.17, 15) is 33.9 Å². The number of esters is 1. The summed E-state index contributed by atoms with van der Waals surface area (Å²) >= 11 is 2.20. The predicted molar refractivity (Wildman–Crippen MR) is 205 cm³/mol. The zero-order valence-corrected chi connectivity index (χ0v) is 29.8. The van der Waals surface area contributed by atoms with Crippen LogP contribution in [0.25, 0.3) is 0 Å². The molecule has 2 fully saturated rings. The summed E-state index contributed by atoms with van der Waals surface area (Å²) in [5.41, 5.74) is 1.27. The van der Waals surface area contributed by atoms with Crippen LogP contribution in [-0.4, -0.2) is 83.0 Å². The van der Waals surface area contributed by atoms with Gasteiger partial charge >= 0.3 is 11.9 Å². The molecule has 14 heteroatoms. The van der Waals surface area contributed by atoms with Gasteiger partial charge in [-0.25, -0.2) is 0 Å². The molecular formula is C38H52N4O8S2. The van der Waals surface area contributed by atoms with Crippen LogP contribution >= 0.6 is 23.5 Å². The highest BCUT2D eigenvalue weighted by atomic mass is 32.2. The number of carboxylic acid groups (broad SMARTS) is 1. The number of amides is 4. The highest BCUT2D eigenvalue weighted by molar-refractivity contribution is 8.02. The molecule has 2 aliphatic carbocycles. The third kappa shape index (κ3) is 10.8. The maximum Gasteiger partial charge on any atom is 0.329 e. The van der Waals surface area contributed by atoms with Crippen molar-refractivity contribution in [3.8, 4) is 0 Å². The SMILES string of the molecule is C.C.CCOC(=O)C1Sc2ccccc2N(CC(=O)NC2CCCCC2)C1=O.O=C(CN1C(=O)C(C(=O)O)Sc2ccccc21)NC1CCCCC1. The minimum atomic E-state index is -1.21. The summed E-state index contributed by atoms with van der Waals surface area (Å²) in [6.07, 6.45) is 10.8. The van der Waals surface area contributed by atoms with Crippen LogP contribution < -0.4 is 20.4 Å². The van der Waals surface area contributed by atoms with Gasteiger partial charge in [0.15, 0.2) is 10.5 Å². The highest BCUT2D eigenvalue weighted by Gasteiger charge is 2.41. The van der Waals surface area contributed by atoms with Crippen LogP contribution in [0.5, 0.6) is 0 Å². The molecule has 4 aliphatic rings. The first kappa shape index (κ1) is 42.4. The lowest BCUT2D eigenvalue weighted by Gasteiger charge is -2.33. The Hall–Kier alpha value is -4.04. The molecule has 12 nitrogen and oxygen atoms in total. The van der Waals surface area contributed by atoms with Crippen molar-refractivity contribution in [3.63, 3.8) is 0 Å². The normalized spacial score (nSPS) is 20.0. The van der Waals surface area contributed by atoms with Crippen molar-refractivity contribution in [3.05, 3.63) is 48.5 Å². The molecule has 2 heterocycles. The fraction of sp³-hybridized carbons (Fsp3) is 0.526. The van der Waals surface area contributed by atoms with E-state index in [1.54, 1.807) is 37.3 Å². The number of nitrogens with zero attached hydrogens (tertiary/aromatic N) is 2. The Morgan fingerprint density at radius 1 is 0.692 bits per heavy atom. The second-order valence-corrected chi connectivity index (χ2v) is 15.0. The summed E-state index contributed by atoms with van der Waals surface area (Å²) in [4.78, 5) is 78.0. The number of para-hydroxylation sites is 2. The number of rotatable bonds is 9. The second-order valence-electron chi connectivity index (χ2n) is 12.7. The minimum absolute atomic E-state index is 0. The van der Waals surface area contributed by atoms with E-state index >= 15 is 0 Å². The number of aliphatic carboxylic acids is 1. The van der Waals surface area contributed by atoms with Crippen molar-refractivity contribution in [2.75, 3.05) is 29.5 Å². The van der Waals surface area contributed by atoms with Crippen molar-refractivity contribution >= 4 is 70.5 Å². The zero-order chi connectivity index (χ0) is 35.6.